The maximum atomic E-state index is 12.1. The van der Waals surface area contributed by atoms with Crippen molar-refractivity contribution in [3.63, 3.8) is 0 Å². The van der Waals surface area contributed by atoms with Crippen LogP contribution in [0.1, 0.15) is 29.2 Å². The van der Waals surface area contributed by atoms with Crippen LogP contribution < -0.4 is 0 Å². The number of ether oxygens (including phenoxy) is 1. The number of hydrogen-bond donors (Lipinski definition) is 0. The van der Waals surface area contributed by atoms with Gasteiger partial charge in [0.2, 0.25) is 0 Å². The van der Waals surface area contributed by atoms with Crippen LogP contribution in [0.3, 0.4) is 0 Å². The summed E-state index contributed by atoms with van der Waals surface area (Å²) < 4.78 is 5.60. The first-order valence-corrected chi connectivity index (χ1v) is 7.61. The second kappa shape index (κ2) is 6.08. The summed E-state index contributed by atoms with van der Waals surface area (Å²) in [5, 5.41) is 0.984. The average Bonchev–Trinajstić information content (AvgIpc) is 2.87. The first-order chi connectivity index (χ1) is 10.1. The molecule has 0 saturated carbocycles. The molecule has 1 aliphatic carbocycles. The Morgan fingerprint density at radius 2 is 1.81 bits per heavy atom. The van der Waals surface area contributed by atoms with Gasteiger partial charge in [0.1, 0.15) is 6.10 Å². The molecule has 1 atom stereocenters. The molecule has 3 rings (SSSR count). The quantitative estimate of drug-likeness (QED) is 0.762. The Morgan fingerprint density at radius 1 is 1.10 bits per heavy atom. The third kappa shape index (κ3) is 3.07. The van der Waals surface area contributed by atoms with E-state index in [9.17, 15) is 4.79 Å². The first-order valence-electron chi connectivity index (χ1n) is 6.85. The SMILES string of the molecule is O=C(Cc1c(Cl)cccc1Cl)O[C@H]1CCc2ccccc21. The van der Waals surface area contributed by atoms with E-state index in [0.717, 1.165) is 18.4 Å². The molecule has 0 aromatic heterocycles. The van der Waals surface area contributed by atoms with E-state index < -0.39 is 0 Å². The van der Waals surface area contributed by atoms with E-state index in [0.29, 0.717) is 15.6 Å². The molecule has 0 N–H and O–H groups in total. The third-order valence-electron chi connectivity index (χ3n) is 3.73. The largest absolute Gasteiger partial charge is 0.457 e. The average molecular weight is 321 g/mol. The molecule has 0 fully saturated rings. The van der Waals surface area contributed by atoms with E-state index in [1.807, 2.05) is 18.2 Å². The van der Waals surface area contributed by atoms with Gasteiger partial charge in [-0.2, -0.15) is 0 Å². The van der Waals surface area contributed by atoms with Gasteiger partial charge in [-0.1, -0.05) is 53.5 Å². The number of esters is 1. The summed E-state index contributed by atoms with van der Waals surface area (Å²) in [6, 6.07) is 13.3. The van der Waals surface area contributed by atoms with Crippen molar-refractivity contribution in [2.45, 2.75) is 25.4 Å². The van der Waals surface area contributed by atoms with Crippen molar-refractivity contribution in [3.05, 3.63) is 69.2 Å². The fourth-order valence-corrected chi connectivity index (χ4v) is 3.22. The van der Waals surface area contributed by atoms with E-state index in [-0.39, 0.29) is 18.5 Å². The van der Waals surface area contributed by atoms with Gasteiger partial charge in [0.25, 0.3) is 0 Å². The number of carbonyl (C=O) groups excluding carboxylic acids is 1. The van der Waals surface area contributed by atoms with Crippen LogP contribution in [-0.2, 0) is 22.4 Å². The Kier molecular flexibility index (Phi) is 4.18. The lowest BCUT2D eigenvalue weighted by molar-refractivity contribution is -0.148. The predicted octanol–water partition coefficient (Wildman–Crippen LogP) is 4.77. The molecule has 108 valence electrons. The lowest BCUT2D eigenvalue weighted by Gasteiger charge is -2.14. The highest BCUT2D eigenvalue weighted by Gasteiger charge is 2.25. The maximum Gasteiger partial charge on any atom is 0.310 e. The summed E-state index contributed by atoms with van der Waals surface area (Å²) in [5.41, 5.74) is 2.99. The summed E-state index contributed by atoms with van der Waals surface area (Å²) >= 11 is 12.2. The number of hydrogen-bond acceptors (Lipinski definition) is 2. The molecule has 2 aromatic rings. The van der Waals surface area contributed by atoms with Gasteiger partial charge in [-0.05, 0) is 36.1 Å². The van der Waals surface area contributed by atoms with Crippen LogP contribution >= 0.6 is 23.2 Å². The highest BCUT2D eigenvalue weighted by atomic mass is 35.5. The second-order valence-electron chi connectivity index (χ2n) is 5.09. The monoisotopic (exact) mass is 320 g/mol. The van der Waals surface area contributed by atoms with Crippen molar-refractivity contribution in [2.24, 2.45) is 0 Å². The molecule has 0 amide bonds. The van der Waals surface area contributed by atoms with Gasteiger partial charge in [0.05, 0.1) is 6.42 Å². The normalized spacial score (nSPS) is 16.6. The molecule has 0 radical (unpaired) electrons. The molecule has 0 unspecified atom stereocenters. The van der Waals surface area contributed by atoms with Crippen LogP contribution in [-0.4, -0.2) is 5.97 Å². The molecular formula is C17H14Cl2O2. The van der Waals surface area contributed by atoms with Crippen molar-refractivity contribution < 1.29 is 9.53 Å². The fraction of sp³-hybridized carbons (Fsp3) is 0.235. The van der Waals surface area contributed by atoms with E-state index in [2.05, 4.69) is 6.07 Å². The van der Waals surface area contributed by atoms with Crippen LogP contribution in [0.5, 0.6) is 0 Å². The van der Waals surface area contributed by atoms with Crippen LogP contribution in [0.15, 0.2) is 42.5 Å². The topological polar surface area (TPSA) is 26.3 Å². The second-order valence-corrected chi connectivity index (χ2v) is 5.91. The van der Waals surface area contributed by atoms with Crippen LogP contribution in [0.2, 0.25) is 10.0 Å². The Morgan fingerprint density at radius 3 is 2.57 bits per heavy atom. The summed E-state index contributed by atoms with van der Waals surface area (Å²) in [4.78, 5) is 12.1. The smallest absolute Gasteiger partial charge is 0.310 e. The number of halogens is 2. The van der Waals surface area contributed by atoms with Gasteiger partial charge in [0.15, 0.2) is 0 Å². The van der Waals surface area contributed by atoms with Crippen molar-refractivity contribution in [1.82, 2.24) is 0 Å². The number of rotatable bonds is 3. The maximum absolute atomic E-state index is 12.1. The zero-order chi connectivity index (χ0) is 14.8. The third-order valence-corrected chi connectivity index (χ3v) is 4.44. The number of fused-ring (bicyclic) bond motifs is 1. The molecule has 1 aliphatic rings. The van der Waals surface area contributed by atoms with Gasteiger partial charge < -0.3 is 4.74 Å². The Hall–Kier alpha value is -1.51. The van der Waals surface area contributed by atoms with Crippen molar-refractivity contribution in [1.29, 1.82) is 0 Å². The standard InChI is InChI=1S/C17H14Cl2O2/c18-14-6-3-7-15(19)13(14)10-17(20)21-16-9-8-11-4-1-2-5-12(11)16/h1-7,16H,8-10H2/t16-/m0/s1. The van der Waals surface area contributed by atoms with Gasteiger partial charge in [-0.3, -0.25) is 4.79 Å². The zero-order valence-electron chi connectivity index (χ0n) is 11.3. The molecule has 0 heterocycles. The number of carbonyl (C=O) groups is 1. The predicted molar refractivity (Wildman–Crippen MR) is 83.8 cm³/mol. The molecule has 0 spiro atoms. The van der Waals surface area contributed by atoms with Crippen molar-refractivity contribution >= 4 is 29.2 Å². The molecule has 0 saturated heterocycles. The van der Waals surface area contributed by atoms with Gasteiger partial charge in [0, 0.05) is 15.6 Å². The van der Waals surface area contributed by atoms with Crippen LogP contribution in [0, 0.1) is 0 Å². The Balaban J connectivity index is 1.71. The molecule has 0 aliphatic heterocycles. The summed E-state index contributed by atoms with van der Waals surface area (Å²) in [7, 11) is 0. The van der Waals surface area contributed by atoms with Crippen molar-refractivity contribution in [3.8, 4) is 0 Å². The summed E-state index contributed by atoms with van der Waals surface area (Å²) in [6.07, 6.45) is 1.72. The molecule has 4 heteroatoms. The first kappa shape index (κ1) is 14.4. The zero-order valence-corrected chi connectivity index (χ0v) is 12.8. The van der Waals surface area contributed by atoms with E-state index >= 15 is 0 Å². The molecular weight excluding hydrogens is 307 g/mol. The molecule has 0 bridgehead atoms. The van der Waals surface area contributed by atoms with E-state index in [1.54, 1.807) is 18.2 Å². The lowest BCUT2D eigenvalue weighted by Crippen LogP contribution is -2.12. The fourth-order valence-electron chi connectivity index (χ4n) is 2.69. The van der Waals surface area contributed by atoms with Crippen LogP contribution in [0.4, 0.5) is 0 Å². The van der Waals surface area contributed by atoms with Gasteiger partial charge in [-0.15, -0.1) is 0 Å². The van der Waals surface area contributed by atoms with Gasteiger partial charge >= 0.3 is 5.97 Å². The highest BCUT2D eigenvalue weighted by molar-refractivity contribution is 6.36. The Labute approximate surface area is 133 Å². The molecule has 2 aromatic carbocycles. The minimum Gasteiger partial charge on any atom is -0.457 e. The molecule has 2 nitrogen and oxygen atoms in total. The minimum atomic E-state index is -0.299. The lowest BCUT2D eigenvalue weighted by atomic mass is 10.1. The molecule has 21 heavy (non-hydrogen) atoms. The minimum absolute atomic E-state index is 0.0944. The van der Waals surface area contributed by atoms with Crippen molar-refractivity contribution in [2.75, 3.05) is 0 Å². The summed E-state index contributed by atoms with van der Waals surface area (Å²) in [6.45, 7) is 0. The van der Waals surface area contributed by atoms with E-state index in [4.69, 9.17) is 27.9 Å². The van der Waals surface area contributed by atoms with Gasteiger partial charge in [-0.25, -0.2) is 0 Å². The summed E-state index contributed by atoms with van der Waals surface area (Å²) in [5.74, 6) is -0.299. The van der Waals surface area contributed by atoms with E-state index in [1.165, 1.54) is 5.56 Å². The Bertz CT molecular complexity index is 662. The highest BCUT2D eigenvalue weighted by Crippen LogP contribution is 2.34. The van der Waals surface area contributed by atoms with Crippen LogP contribution in [0.25, 0.3) is 0 Å². The number of aryl methyl sites for hydroxylation is 1. The number of benzene rings is 2.